The molecule has 0 atom stereocenters. The zero-order chi connectivity index (χ0) is 19.8. The van der Waals surface area contributed by atoms with Gasteiger partial charge in [-0.15, -0.1) is 0 Å². The fraction of sp³-hybridized carbons (Fsp3) is 0.400. The lowest BCUT2D eigenvalue weighted by Crippen LogP contribution is -2.45. The van der Waals surface area contributed by atoms with Crippen molar-refractivity contribution in [2.75, 3.05) is 20.8 Å². The second kappa shape index (κ2) is 7.13. The molecule has 0 radical (unpaired) electrons. The first-order valence-corrected chi connectivity index (χ1v) is 10.2. The van der Waals surface area contributed by atoms with Gasteiger partial charge in [0.25, 0.3) is 0 Å². The smallest absolute Gasteiger partial charge is 0.218 e. The summed E-state index contributed by atoms with van der Waals surface area (Å²) in [5.41, 5.74) is 2.12. The van der Waals surface area contributed by atoms with Crippen LogP contribution in [0, 0.1) is 5.82 Å². The first kappa shape index (κ1) is 19.6. The Labute approximate surface area is 159 Å². The van der Waals surface area contributed by atoms with Gasteiger partial charge in [-0.2, -0.15) is 4.31 Å². The van der Waals surface area contributed by atoms with Crippen molar-refractivity contribution < 1.29 is 22.3 Å². The Morgan fingerprint density at radius 3 is 2.26 bits per heavy atom. The molecule has 1 heterocycles. The predicted octanol–water partition coefficient (Wildman–Crippen LogP) is 3.47. The van der Waals surface area contributed by atoms with Crippen LogP contribution in [-0.4, -0.2) is 33.5 Å². The number of benzene rings is 2. The van der Waals surface area contributed by atoms with Crippen molar-refractivity contribution >= 4 is 10.0 Å². The summed E-state index contributed by atoms with van der Waals surface area (Å²) in [5, 5.41) is 0. The summed E-state index contributed by atoms with van der Waals surface area (Å²) in [6, 6.07) is 9.33. The lowest BCUT2D eigenvalue weighted by Gasteiger charge is -2.39. The average molecular weight is 393 g/mol. The summed E-state index contributed by atoms with van der Waals surface area (Å²) in [6.45, 7) is 4.65. The van der Waals surface area contributed by atoms with Gasteiger partial charge >= 0.3 is 0 Å². The molecule has 0 bridgehead atoms. The Morgan fingerprint density at radius 2 is 1.67 bits per heavy atom. The van der Waals surface area contributed by atoms with Crippen molar-refractivity contribution in [2.45, 2.75) is 31.6 Å². The van der Waals surface area contributed by atoms with Gasteiger partial charge in [-0.1, -0.05) is 26.0 Å². The van der Waals surface area contributed by atoms with Crippen molar-refractivity contribution in [2.24, 2.45) is 0 Å². The van der Waals surface area contributed by atoms with Crippen LogP contribution in [0.2, 0.25) is 0 Å². The molecule has 0 fully saturated rings. The lowest BCUT2D eigenvalue weighted by molar-refractivity contribution is 0.294. The quantitative estimate of drug-likeness (QED) is 0.781. The molecule has 0 N–H and O–H groups in total. The molecular formula is C20H24FNO4S. The number of fused-ring (bicyclic) bond motifs is 1. The van der Waals surface area contributed by atoms with Gasteiger partial charge in [-0.3, -0.25) is 0 Å². The number of nitrogens with zero attached hydrogens (tertiary/aromatic N) is 1. The van der Waals surface area contributed by atoms with Crippen molar-refractivity contribution in [1.82, 2.24) is 4.31 Å². The molecule has 0 aromatic heterocycles. The molecule has 0 saturated heterocycles. The van der Waals surface area contributed by atoms with E-state index < -0.39 is 10.0 Å². The Balaban J connectivity index is 1.94. The van der Waals surface area contributed by atoms with Crippen LogP contribution in [0.4, 0.5) is 4.39 Å². The van der Waals surface area contributed by atoms with E-state index in [0.29, 0.717) is 23.6 Å². The molecule has 0 saturated carbocycles. The van der Waals surface area contributed by atoms with E-state index in [9.17, 15) is 12.8 Å². The fourth-order valence-electron chi connectivity index (χ4n) is 3.53. The highest BCUT2D eigenvalue weighted by atomic mass is 32.2. The number of hydrogen-bond donors (Lipinski definition) is 0. The summed E-state index contributed by atoms with van der Waals surface area (Å²) in [6.07, 6.45) is 0. The van der Waals surface area contributed by atoms with Gasteiger partial charge in [0, 0.05) is 18.5 Å². The number of sulfonamides is 1. The molecule has 0 amide bonds. The summed E-state index contributed by atoms with van der Waals surface area (Å²) < 4.78 is 51.3. The van der Waals surface area contributed by atoms with E-state index >= 15 is 0 Å². The molecule has 7 heteroatoms. The predicted molar refractivity (Wildman–Crippen MR) is 102 cm³/mol. The highest BCUT2D eigenvalue weighted by molar-refractivity contribution is 7.88. The van der Waals surface area contributed by atoms with Crippen molar-refractivity contribution in [3.63, 3.8) is 0 Å². The van der Waals surface area contributed by atoms with Gasteiger partial charge in [-0.25, -0.2) is 12.8 Å². The van der Waals surface area contributed by atoms with Gasteiger partial charge in [0.2, 0.25) is 10.0 Å². The van der Waals surface area contributed by atoms with E-state index in [4.69, 9.17) is 9.47 Å². The summed E-state index contributed by atoms with van der Waals surface area (Å²) in [4.78, 5) is 0. The monoisotopic (exact) mass is 393 g/mol. The SMILES string of the molecule is COc1cc2c(cc1OC)C(C)(C)CN(S(=O)(=O)Cc1ccc(F)cc1)C2. The molecule has 0 spiro atoms. The molecule has 5 nitrogen and oxygen atoms in total. The van der Waals surface area contributed by atoms with Crippen molar-refractivity contribution in [1.29, 1.82) is 0 Å². The lowest BCUT2D eigenvalue weighted by atomic mass is 9.79. The molecule has 27 heavy (non-hydrogen) atoms. The number of ether oxygens (including phenoxy) is 2. The molecule has 1 aliphatic rings. The Bertz CT molecular complexity index is 939. The molecule has 0 aliphatic carbocycles. The average Bonchev–Trinajstić information content (AvgIpc) is 2.61. The van der Waals surface area contributed by atoms with E-state index in [1.807, 2.05) is 26.0 Å². The Kier molecular flexibility index (Phi) is 5.18. The molecule has 146 valence electrons. The maximum Gasteiger partial charge on any atom is 0.218 e. The first-order valence-electron chi connectivity index (χ1n) is 8.64. The number of hydrogen-bond acceptors (Lipinski definition) is 4. The standard InChI is InChI=1S/C20H24FNO4S/c1-20(2)13-22(27(23,24)12-14-5-7-16(21)8-6-14)11-15-9-18(25-3)19(26-4)10-17(15)20/h5-10H,11-13H2,1-4H3. The highest BCUT2D eigenvalue weighted by Crippen LogP contribution is 2.41. The largest absolute Gasteiger partial charge is 0.493 e. The molecule has 0 unspecified atom stereocenters. The first-order chi connectivity index (χ1) is 12.7. The van der Waals surface area contributed by atoms with Gasteiger partial charge in [0.15, 0.2) is 11.5 Å². The van der Waals surface area contributed by atoms with Crippen LogP contribution in [-0.2, 0) is 27.7 Å². The van der Waals surface area contributed by atoms with Crippen LogP contribution in [0.25, 0.3) is 0 Å². The van der Waals surface area contributed by atoms with E-state index in [2.05, 4.69) is 0 Å². The van der Waals surface area contributed by atoms with Crippen LogP contribution in [0.3, 0.4) is 0 Å². The van der Waals surface area contributed by atoms with E-state index in [1.54, 1.807) is 14.2 Å². The zero-order valence-electron chi connectivity index (χ0n) is 16.0. The van der Waals surface area contributed by atoms with Gasteiger partial charge < -0.3 is 9.47 Å². The fourth-order valence-corrected chi connectivity index (χ4v) is 5.18. The highest BCUT2D eigenvalue weighted by Gasteiger charge is 2.38. The van der Waals surface area contributed by atoms with Crippen molar-refractivity contribution in [3.05, 3.63) is 58.9 Å². The van der Waals surface area contributed by atoms with Gasteiger partial charge in [-0.05, 0) is 41.0 Å². The van der Waals surface area contributed by atoms with Gasteiger partial charge in [0.05, 0.1) is 20.0 Å². The van der Waals surface area contributed by atoms with Crippen LogP contribution < -0.4 is 9.47 Å². The minimum atomic E-state index is -3.56. The third-order valence-corrected chi connectivity index (χ3v) is 6.66. The van der Waals surface area contributed by atoms with Crippen LogP contribution >= 0.6 is 0 Å². The second-order valence-electron chi connectivity index (χ2n) is 7.40. The summed E-state index contributed by atoms with van der Waals surface area (Å²) >= 11 is 0. The normalized spacial score (nSPS) is 16.6. The molecular weight excluding hydrogens is 369 g/mol. The second-order valence-corrected chi connectivity index (χ2v) is 9.37. The molecule has 2 aromatic rings. The third-order valence-electron chi connectivity index (χ3n) is 4.91. The Hall–Kier alpha value is -2.12. The summed E-state index contributed by atoms with van der Waals surface area (Å²) in [5.74, 6) is 0.661. The number of methoxy groups -OCH3 is 2. The van der Waals surface area contributed by atoms with E-state index in [-0.39, 0.29) is 23.5 Å². The molecule has 2 aromatic carbocycles. The third kappa shape index (κ3) is 3.94. The van der Waals surface area contributed by atoms with E-state index in [0.717, 1.165) is 11.1 Å². The van der Waals surface area contributed by atoms with Crippen molar-refractivity contribution in [3.8, 4) is 11.5 Å². The van der Waals surface area contributed by atoms with E-state index in [1.165, 1.54) is 28.6 Å². The number of rotatable bonds is 5. The van der Waals surface area contributed by atoms with Crippen LogP contribution in [0.5, 0.6) is 11.5 Å². The molecule has 1 aliphatic heterocycles. The minimum absolute atomic E-state index is 0.161. The minimum Gasteiger partial charge on any atom is -0.493 e. The summed E-state index contributed by atoms with van der Waals surface area (Å²) in [7, 11) is -0.420. The Morgan fingerprint density at radius 1 is 1.07 bits per heavy atom. The topological polar surface area (TPSA) is 55.8 Å². The van der Waals surface area contributed by atoms with Crippen LogP contribution in [0.15, 0.2) is 36.4 Å². The maximum atomic E-state index is 13.1. The molecule has 3 rings (SSSR count). The van der Waals surface area contributed by atoms with Crippen LogP contribution in [0.1, 0.15) is 30.5 Å². The van der Waals surface area contributed by atoms with Gasteiger partial charge in [0.1, 0.15) is 5.82 Å². The number of halogens is 1. The zero-order valence-corrected chi connectivity index (χ0v) is 16.8. The maximum absolute atomic E-state index is 13.1.